The van der Waals surface area contributed by atoms with E-state index >= 15 is 0 Å². The maximum atomic E-state index is 3.24. The lowest BCUT2D eigenvalue weighted by atomic mass is 10.1. The maximum Gasteiger partial charge on any atom is 0.0440 e. The molecule has 0 unspecified atom stereocenters. The lowest BCUT2D eigenvalue weighted by Gasteiger charge is -2.29. The molecule has 112 valence electrons. The van der Waals surface area contributed by atoms with Crippen LogP contribution in [0.15, 0.2) is 60.3 Å². The first-order chi connectivity index (χ1) is 10.4. The fourth-order valence-electron chi connectivity index (χ4n) is 2.67. The number of hydrogen-bond donors (Lipinski definition) is 1. The van der Waals surface area contributed by atoms with Crippen LogP contribution in [0.4, 0.5) is 5.69 Å². The number of para-hydroxylation sites is 1. The molecule has 2 heteroatoms. The molecule has 0 heterocycles. The first kappa shape index (κ1) is 15.6. The van der Waals surface area contributed by atoms with Gasteiger partial charge in [-0.25, -0.2) is 0 Å². The van der Waals surface area contributed by atoms with Gasteiger partial charge < -0.3 is 10.2 Å². The van der Waals surface area contributed by atoms with Crippen LogP contribution in [0, 0.1) is 0 Å². The van der Waals surface area contributed by atoms with Crippen LogP contribution in [0.5, 0.6) is 0 Å². The molecule has 0 saturated carbocycles. The smallest absolute Gasteiger partial charge is 0.0440 e. The first-order valence-corrected chi connectivity index (χ1v) is 7.89. The third-order valence-corrected chi connectivity index (χ3v) is 3.79. The Kier molecular flexibility index (Phi) is 6.29. The summed E-state index contributed by atoms with van der Waals surface area (Å²) < 4.78 is 0. The molecule has 0 bridgehead atoms. The Labute approximate surface area is 128 Å². The van der Waals surface area contributed by atoms with Crippen LogP contribution in [0.2, 0.25) is 0 Å². The minimum atomic E-state index is 0.991. The van der Waals surface area contributed by atoms with E-state index in [0.29, 0.717) is 0 Å². The first-order valence-electron chi connectivity index (χ1n) is 7.89. The zero-order chi connectivity index (χ0) is 14.9. The standard InChI is InChI=1S/C19H26N2/c1-3-17-11-8-9-14-19(17)21(16-10-15-20-2)18-12-6-4-5-7-13-18/h4-9,11-12,14,20H,3,10,13,15-16H2,1-2H3. The topological polar surface area (TPSA) is 15.3 Å². The van der Waals surface area contributed by atoms with E-state index < -0.39 is 0 Å². The molecule has 1 aliphatic carbocycles. The summed E-state index contributed by atoms with van der Waals surface area (Å²) in [5.41, 5.74) is 4.14. The van der Waals surface area contributed by atoms with Crippen LogP contribution < -0.4 is 10.2 Å². The van der Waals surface area contributed by atoms with Gasteiger partial charge in [-0.2, -0.15) is 0 Å². The van der Waals surface area contributed by atoms with E-state index in [-0.39, 0.29) is 0 Å². The van der Waals surface area contributed by atoms with Crippen molar-refractivity contribution in [1.82, 2.24) is 5.32 Å². The third-order valence-electron chi connectivity index (χ3n) is 3.79. The fraction of sp³-hybridized carbons (Fsp3) is 0.368. The molecular formula is C19H26N2. The Morgan fingerprint density at radius 1 is 1.14 bits per heavy atom. The van der Waals surface area contributed by atoms with Gasteiger partial charge in [-0.05, 0) is 44.1 Å². The lowest BCUT2D eigenvalue weighted by Crippen LogP contribution is -2.27. The highest BCUT2D eigenvalue weighted by Gasteiger charge is 2.13. The molecular weight excluding hydrogens is 256 g/mol. The van der Waals surface area contributed by atoms with Crippen molar-refractivity contribution < 1.29 is 0 Å². The van der Waals surface area contributed by atoms with E-state index in [2.05, 4.69) is 71.8 Å². The molecule has 2 nitrogen and oxygen atoms in total. The highest BCUT2D eigenvalue weighted by Crippen LogP contribution is 2.27. The summed E-state index contributed by atoms with van der Waals surface area (Å²) in [7, 11) is 2.01. The monoisotopic (exact) mass is 282 g/mol. The van der Waals surface area contributed by atoms with E-state index in [1.54, 1.807) is 0 Å². The summed E-state index contributed by atoms with van der Waals surface area (Å²) in [6.07, 6.45) is 14.0. The predicted octanol–water partition coefficient (Wildman–Crippen LogP) is 4.06. The molecule has 21 heavy (non-hydrogen) atoms. The van der Waals surface area contributed by atoms with Crippen LogP contribution >= 0.6 is 0 Å². The summed E-state index contributed by atoms with van der Waals surface area (Å²) in [6, 6.07) is 8.76. The van der Waals surface area contributed by atoms with Crippen LogP contribution in [-0.2, 0) is 6.42 Å². The SMILES string of the molecule is CCc1ccccc1N(CCCNC)C1=CC=CC=CC1. The molecule has 0 saturated heterocycles. The molecule has 0 radical (unpaired) electrons. The van der Waals surface area contributed by atoms with Gasteiger partial charge in [0, 0.05) is 24.4 Å². The summed E-state index contributed by atoms with van der Waals surface area (Å²) in [4.78, 5) is 2.48. The van der Waals surface area contributed by atoms with E-state index in [9.17, 15) is 0 Å². The van der Waals surface area contributed by atoms with Crippen LogP contribution in [0.3, 0.4) is 0 Å². The van der Waals surface area contributed by atoms with Gasteiger partial charge in [0.05, 0.1) is 0 Å². The number of benzene rings is 1. The second-order valence-corrected chi connectivity index (χ2v) is 5.27. The second-order valence-electron chi connectivity index (χ2n) is 5.27. The molecule has 2 rings (SSSR count). The van der Waals surface area contributed by atoms with Crippen molar-refractivity contribution in [3.05, 3.63) is 65.9 Å². The van der Waals surface area contributed by atoms with Crippen molar-refractivity contribution >= 4 is 5.69 Å². The number of allylic oxidation sites excluding steroid dienone is 5. The van der Waals surface area contributed by atoms with Crippen molar-refractivity contribution in [2.75, 3.05) is 25.0 Å². The van der Waals surface area contributed by atoms with Gasteiger partial charge in [0.2, 0.25) is 0 Å². The molecule has 0 atom stereocenters. The molecule has 0 fully saturated rings. The van der Waals surface area contributed by atoms with Crippen LogP contribution in [-0.4, -0.2) is 20.1 Å². The minimum Gasteiger partial charge on any atom is -0.345 e. The molecule has 1 N–H and O–H groups in total. The number of nitrogens with one attached hydrogen (secondary N) is 1. The average Bonchev–Trinajstić information content (AvgIpc) is 2.81. The number of aryl methyl sites for hydroxylation is 1. The molecule has 0 aliphatic heterocycles. The Bertz CT molecular complexity index is 526. The molecule has 1 aliphatic rings. The zero-order valence-electron chi connectivity index (χ0n) is 13.2. The van der Waals surface area contributed by atoms with Gasteiger partial charge in [0.25, 0.3) is 0 Å². The highest BCUT2D eigenvalue weighted by molar-refractivity contribution is 5.59. The van der Waals surface area contributed by atoms with E-state index in [0.717, 1.165) is 32.4 Å². The van der Waals surface area contributed by atoms with Gasteiger partial charge in [0.1, 0.15) is 0 Å². The van der Waals surface area contributed by atoms with Crippen molar-refractivity contribution in [3.63, 3.8) is 0 Å². The van der Waals surface area contributed by atoms with Crippen molar-refractivity contribution in [3.8, 4) is 0 Å². The minimum absolute atomic E-state index is 0.991. The quantitative estimate of drug-likeness (QED) is 0.759. The number of anilines is 1. The summed E-state index contributed by atoms with van der Waals surface area (Å²) in [5.74, 6) is 0. The molecule has 0 spiro atoms. The largest absolute Gasteiger partial charge is 0.345 e. The van der Waals surface area contributed by atoms with Gasteiger partial charge >= 0.3 is 0 Å². The maximum absolute atomic E-state index is 3.24. The summed E-state index contributed by atoms with van der Waals surface area (Å²) in [6.45, 7) is 4.32. The van der Waals surface area contributed by atoms with E-state index in [1.807, 2.05) is 7.05 Å². The summed E-state index contributed by atoms with van der Waals surface area (Å²) >= 11 is 0. The molecule has 0 amide bonds. The summed E-state index contributed by atoms with van der Waals surface area (Å²) in [5, 5.41) is 3.24. The van der Waals surface area contributed by atoms with Gasteiger partial charge in [-0.1, -0.05) is 49.4 Å². The third kappa shape index (κ3) is 4.33. The van der Waals surface area contributed by atoms with Gasteiger partial charge in [-0.15, -0.1) is 0 Å². The normalized spacial score (nSPS) is 13.9. The molecule has 1 aromatic rings. The number of hydrogen-bond acceptors (Lipinski definition) is 2. The molecule has 1 aromatic carbocycles. The Balaban J connectivity index is 2.28. The van der Waals surface area contributed by atoms with Gasteiger partial charge in [0.15, 0.2) is 0 Å². The van der Waals surface area contributed by atoms with Crippen LogP contribution in [0.1, 0.15) is 25.3 Å². The Morgan fingerprint density at radius 2 is 2.00 bits per heavy atom. The number of nitrogens with zero attached hydrogens (tertiary/aromatic N) is 1. The Morgan fingerprint density at radius 3 is 2.81 bits per heavy atom. The van der Waals surface area contributed by atoms with Crippen molar-refractivity contribution in [2.24, 2.45) is 0 Å². The van der Waals surface area contributed by atoms with Crippen molar-refractivity contribution in [1.29, 1.82) is 0 Å². The van der Waals surface area contributed by atoms with Crippen LogP contribution in [0.25, 0.3) is 0 Å². The Hall–Kier alpha value is -1.80. The van der Waals surface area contributed by atoms with Gasteiger partial charge in [-0.3, -0.25) is 0 Å². The second kappa shape index (κ2) is 8.48. The van der Waals surface area contributed by atoms with E-state index in [4.69, 9.17) is 0 Å². The predicted molar refractivity (Wildman–Crippen MR) is 92.7 cm³/mol. The zero-order valence-corrected chi connectivity index (χ0v) is 13.2. The van der Waals surface area contributed by atoms with Crippen molar-refractivity contribution in [2.45, 2.75) is 26.2 Å². The fourth-order valence-corrected chi connectivity index (χ4v) is 2.67. The van der Waals surface area contributed by atoms with E-state index in [1.165, 1.54) is 16.9 Å². The lowest BCUT2D eigenvalue weighted by molar-refractivity contribution is 0.708. The molecule has 0 aromatic heterocycles. The average molecular weight is 282 g/mol. The number of rotatable bonds is 7. The highest BCUT2D eigenvalue weighted by atomic mass is 15.1.